The van der Waals surface area contributed by atoms with Crippen LogP contribution >= 0.6 is 0 Å². The van der Waals surface area contributed by atoms with Gasteiger partial charge in [0.2, 0.25) is 5.89 Å². The fraction of sp³-hybridized carbons (Fsp3) is 0.737. The molecule has 0 saturated carbocycles. The van der Waals surface area contributed by atoms with Crippen LogP contribution in [0.2, 0.25) is 0 Å². The summed E-state index contributed by atoms with van der Waals surface area (Å²) in [7, 11) is 0. The second-order valence-electron chi connectivity index (χ2n) is 8.79. The summed E-state index contributed by atoms with van der Waals surface area (Å²) in [5, 5.41) is 6.54. The van der Waals surface area contributed by atoms with Crippen molar-refractivity contribution in [1.29, 1.82) is 0 Å². The SMILES string of the molecule is CCNC(=NCc1ncc(C(C)(C)C)o1)NC1CN(C(=O)OC(C)(C)C)C1. The number of nitrogens with one attached hydrogen (secondary N) is 2. The van der Waals surface area contributed by atoms with E-state index in [1.807, 2.05) is 27.7 Å². The quantitative estimate of drug-likeness (QED) is 0.617. The summed E-state index contributed by atoms with van der Waals surface area (Å²) >= 11 is 0. The zero-order valence-corrected chi connectivity index (χ0v) is 17.5. The van der Waals surface area contributed by atoms with Crippen molar-refractivity contribution in [1.82, 2.24) is 20.5 Å². The van der Waals surface area contributed by atoms with Gasteiger partial charge in [-0.3, -0.25) is 0 Å². The number of likely N-dealkylation sites (tertiary alicyclic amines) is 1. The Kier molecular flexibility index (Phi) is 6.38. The Hall–Kier alpha value is -2.25. The second kappa shape index (κ2) is 8.19. The molecule has 0 atom stereocenters. The molecule has 2 heterocycles. The normalized spacial score (nSPS) is 16.1. The van der Waals surface area contributed by atoms with Gasteiger partial charge in [-0.1, -0.05) is 20.8 Å². The van der Waals surface area contributed by atoms with Crippen LogP contribution in [0.4, 0.5) is 4.79 Å². The monoisotopic (exact) mass is 379 g/mol. The third-order valence-electron chi connectivity index (χ3n) is 3.88. The molecule has 0 unspecified atom stereocenters. The standard InChI is InChI=1S/C19H33N5O3/c1-8-20-16(22-10-15-21-9-14(26-15)18(2,3)4)23-13-11-24(12-13)17(25)27-19(5,6)7/h9,13H,8,10-12H2,1-7H3,(H2,20,22,23). The number of carbonyl (C=O) groups is 1. The Labute approximate surface area is 161 Å². The van der Waals surface area contributed by atoms with Crippen LogP contribution in [0.1, 0.15) is 60.1 Å². The van der Waals surface area contributed by atoms with Crippen LogP contribution in [0.3, 0.4) is 0 Å². The maximum absolute atomic E-state index is 12.0. The van der Waals surface area contributed by atoms with Crippen LogP contribution in [0.5, 0.6) is 0 Å². The number of guanidine groups is 1. The first kappa shape index (κ1) is 21.1. The predicted molar refractivity (Wildman–Crippen MR) is 105 cm³/mol. The van der Waals surface area contributed by atoms with Crippen LogP contribution < -0.4 is 10.6 Å². The molecule has 0 radical (unpaired) electrons. The smallest absolute Gasteiger partial charge is 0.410 e. The van der Waals surface area contributed by atoms with Gasteiger partial charge in [0.15, 0.2) is 5.96 Å². The molecule has 1 fully saturated rings. The largest absolute Gasteiger partial charge is 0.444 e. The number of nitrogens with zero attached hydrogens (tertiary/aromatic N) is 3. The highest BCUT2D eigenvalue weighted by Crippen LogP contribution is 2.22. The lowest BCUT2D eigenvalue weighted by atomic mass is 9.94. The molecule has 2 N–H and O–H groups in total. The molecule has 152 valence electrons. The fourth-order valence-electron chi connectivity index (χ4n) is 2.44. The lowest BCUT2D eigenvalue weighted by Gasteiger charge is -2.40. The zero-order valence-electron chi connectivity index (χ0n) is 17.5. The van der Waals surface area contributed by atoms with Gasteiger partial charge in [0.25, 0.3) is 0 Å². The highest BCUT2D eigenvalue weighted by molar-refractivity contribution is 5.80. The number of amides is 1. The summed E-state index contributed by atoms with van der Waals surface area (Å²) in [5.41, 5.74) is -0.553. The molecule has 1 aliphatic rings. The third kappa shape index (κ3) is 6.45. The first-order valence-electron chi connectivity index (χ1n) is 9.46. The van der Waals surface area contributed by atoms with Crippen molar-refractivity contribution in [3.8, 4) is 0 Å². The highest BCUT2D eigenvalue weighted by atomic mass is 16.6. The van der Waals surface area contributed by atoms with Gasteiger partial charge in [0.1, 0.15) is 17.9 Å². The van der Waals surface area contributed by atoms with Crippen molar-refractivity contribution in [2.75, 3.05) is 19.6 Å². The van der Waals surface area contributed by atoms with E-state index in [0.717, 1.165) is 12.3 Å². The molecule has 0 spiro atoms. The number of hydrogen-bond donors (Lipinski definition) is 2. The van der Waals surface area contributed by atoms with E-state index in [1.54, 1.807) is 11.1 Å². The van der Waals surface area contributed by atoms with E-state index in [2.05, 4.69) is 41.4 Å². The lowest BCUT2D eigenvalue weighted by Crippen LogP contribution is -2.63. The predicted octanol–water partition coefficient (Wildman–Crippen LogP) is 2.65. The van der Waals surface area contributed by atoms with Crippen LogP contribution in [-0.4, -0.2) is 53.2 Å². The van der Waals surface area contributed by atoms with E-state index < -0.39 is 5.60 Å². The Bertz CT molecular complexity index is 664. The van der Waals surface area contributed by atoms with E-state index in [-0.39, 0.29) is 17.6 Å². The summed E-state index contributed by atoms with van der Waals surface area (Å²) in [6.45, 7) is 16.1. The molecule has 8 heteroatoms. The zero-order chi connectivity index (χ0) is 20.2. The summed E-state index contributed by atoms with van der Waals surface area (Å²) < 4.78 is 11.1. The first-order chi connectivity index (χ1) is 12.5. The minimum absolute atomic E-state index is 0.0746. The van der Waals surface area contributed by atoms with Crippen molar-refractivity contribution in [2.24, 2.45) is 4.99 Å². The molecule has 1 aromatic rings. The molecule has 0 aromatic carbocycles. The Morgan fingerprint density at radius 1 is 1.33 bits per heavy atom. The van der Waals surface area contributed by atoms with Crippen LogP contribution in [0, 0.1) is 0 Å². The molecule has 1 amide bonds. The minimum atomic E-state index is -0.478. The summed E-state index contributed by atoms with van der Waals surface area (Å²) in [5.74, 6) is 2.11. The number of hydrogen-bond acceptors (Lipinski definition) is 5. The van der Waals surface area contributed by atoms with Crippen molar-refractivity contribution < 1.29 is 13.9 Å². The third-order valence-corrected chi connectivity index (χ3v) is 3.88. The van der Waals surface area contributed by atoms with Gasteiger partial charge < -0.3 is 24.7 Å². The number of aliphatic imine (C=N–C) groups is 1. The van der Waals surface area contributed by atoms with Gasteiger partial charge in [-0.05, 0) is 27.7 Å². The minimum Gasteiger partial charge on any atom is -0.444 e. The van der Waals surface area contributed by atoms with E-state index in [9.17, 15) is 4.79 Å². The van der Waals surface area contributed by atoms with E-state index >= 15 is 0 Å². The fourth-order valence-corrected chi connectivity index (χ4v) is 2.44. The van der Waals surface area contributed by atoms with Crippen LogP contribution in [0.25, 0.3) is 0 Å². The number of aromatic nitrogens is 1. The number of oxazole rings is 1. The van der Waals surface area contributed by atoms with Gasteiger partial charge in [-0.25, -0.2) is 14.8 Å². The molecule has 27 heavy (non-hydrogen) atoms. The maximum atomic E-state index is 12.0. The van der Waals surface area contributed by atoms with E-state index in [1.165, 1.54) is 0 Å². The summed E-state index contributed by atoms with van der Waals surface area (Å²) in [6.07, 6.45) is 1.48. The summed E-state index contributed by atoms with van der Waals surface area (Å²) in [6, 6.07) is 0.144. The Morgan fingerprint density at radius 2 is 2.00 bits per heavy atom. The second-order valence-corrected chi connectivity index (χ2v) is 8.79. The lowest BCUT2D eigenvalue weighted by molar-refractivity contribution is 0.00701. The van der Waals surface area contributed by atoms with Gasteiger partial charge in [-0.15, -0.1) is 0 Å². The maximum Gasteiger partial charge on any atom is 0.410 e. The number of rotatable bonds is 4. The summed E-state index contributed by atoms with van der Waals surface area (Å²) in [4.78, 5) is 22.5. The van der Waals surface area contributed by atoms with Gasteiger partial charge in [0, 0.05) is 25.0 Å². The molecule has 2 rings (SSSR count). The molecular weight excluding hydrogens is 346 g/mol. The topological polar surface area (TPSA) is 92.0 Å². The molecule has 1 saturated heterocycles. The highest BCUT2D eigenvalue weighted by Gasteiger charge is 2.34. The van der Waals surface area contributed by atoms with Crippen molar-refractivity contribution in [2.45, 2.75) is 72.1 Å². The molecule has 0 aliphatic carbocycles. The number of ether oxygens (including phenoxy) is 1. The van der Waals surface area contributed by atoms with Crippen molar-refractivity contribution >= 4 is 12.1 Å². The average molecular weight is 380 g/mol. The van der Waals surface area contributed by atoms with Crippen LogP contribution in [-0.2, 0) is 16.7 Å². The Morgan fingerprint density at radius 3 is 2.52 bits per heavy atom. The number of carbonyl (C=O) groups excluding carboxylic acids is 1. The molecular formula is C19H33N5O3. The first-order valence-corrected chi connectivity index (χ1v) is 9.46. The molecule has 0 bridgehead atoms. The molecule has 8 nitrogen and oxygen atoms in total. The van der Waals surface area contributed by atoms with Gasteiger partial charge in [-0.2, -0.15) is 0 Å². The Balaban J connectivity index is 1.86. The molecule has 1 aromatic heterocycles. The van der Waals surface area contributed by atoms with E-state index in [0.29, 0.717) is 31.5 Å². The van der Waals surface area contributed by atoms with Crippen molar-refractivity contribution in [3.05, 3.63) is 17.8 Å². The average Bonchev–Trinajstić information content (AvgIpc) is 2.94. The molecule has 1 aliphatic heterocycles. The van der Waals surface area contributed by atoms with Gasteiger partial charge >= 0.3 is 6.09 Å². The van der Waals surface area contributed by atoms with Gasteiger partial charge in [0.05, 0.1) is 12.2 Å². The van der Waals surface area contributed by atoms with Crippen molar-refractivity contribution in [3.63, 3.8) is 0 Å². The van der Waals surface area contributed by atoms with E-state index in [4.69, 9.17) is 9.15 Å². The van der Waals surface area contributed by atoms with Crippen LogP contribution in [0.15, 0.2) is 15.6 Å².